The third kappa shape index (κ3) is 6.55. The first kappa shape index (κ1) is 22.8. The van der Waals surface area contributed by atoms with Gasteiger partial charge in [0.25, 0.3) is 0 Å². The molecule has 164 valence electrons. The second-order valence-electron chi connectivity index (χ2n) is 9.00. The van der Waals surface area contributed by atoms with Gasteiger partial charge in [-0.1, -0.05) is 56.2 Å². The molecule has 4 nitrogen and oxygen atoms in total. The van der Waals surface area contributed by atoms with Crippen molar-refractivity contribution in [2.75, 3.05) is 0 Å². The number of aromatic nitrogens is 1. The number of unbranched alkanes of at least 4 members (excludes halogenated alkanes) is 2. The number of nitrogens with zero attached hydrogens (tertiary/aromatic N) is 1. The molecule has 0 aliphatic heterocycles. The fraction of sp³-hybridized carbons (Fsp3) is 0.407. The van der Waals surface area contributed by atoms with Crippen LogP contribution in [-0.2, 0) is 16.1 Å². The van der Waals surface area contributed by atoms with E-state index in [0.29, 0.717) is 6.61 Å². The average Bonchev–Trinajstić information content (AvgIpc) is 2.76. The molecule has 0 aliphatic carbocycles. The SMILES string of the molecule is CCCCCC(OC(=O)C(C)(C)C)c1cccc(OCc2ccc3ccccc3n2)c1. The van der Waals surface area contributed by atoms with E-state index in [-0.39, 0.29) is 12.1 Å². The molecule has 0 N–H and O–H groups in total. The van der Waals surface area contributed by atoms with Crippen molar-refractivity contribution >= 4 is 16.9 Å². The highest BCUT2D eigenvalue weighted by atomic mass is 16.5. The number of hydrogen-bond donors (Lipinski definition) is 0. The molecule has 1 aromatic heterocycles. The number of esters is 1. The highest BCUT2D eigenvalue weighted by Gasteiger charge is 2.27. The maximum absolute atomic E-state index is 12.5. The second-order valence-corrected chi connectivity index (χ2v) is 9.00. The summed E-state index contributed by atoms with van der Waals surface area (Å²) in [5, 5.41) is 1.11. The molecule has 0 saturated carbocycles. The van der Waals surface area contributed by atoms with Crippen LogP contribution in [0.1, 0.15) is 70.7 Å². The maximum atomic E-state index is 12.5. The minimum atomic E-state index is -0.529. The van der Waals surface area contributed by atoms with Gasteiger partial charge in [-0.05, 0) is 63.4 Å². The summed E-state index contributed by atoms with van der Waals surface area (Å²) >= 11 is 0. The van der Waals surface area contributed by atoms with Gasteiger partial charge in [-0.15, -0.1) is 0 Å². The summed E-state index contributed by atoms with van der Waals surface area (Å²) < 4.78 is 11.9. The summed E-state index contributed by atoms with van der Waals surface area (Å²) in [6.45, 7) is 8.21. The molecule has 0 aliphatic rings. The van der Waals surface area contributed by atoms with E-state index in [1.165, 1.54) is 0 Å². The molecular formula is C27H33NO3. The van der Waals surface area contributed by atoms with E-state index in [2.05, 4.69) is 18.0 Å². The van der Waals surface area contributed by atoms with Crippen LogP contribution in [-0.4, -0.2) is 11.0 Å². The summed E-state index contributed by atoms with van der Waals surface area (Å²) in [6, 6.07) is 20.0. The van der Waals surface area contributed by atoms with Crippen molar-refractivity contribution in [3.63, 3.8) is 0 Å². The Morgan fingerprint density at radius 3 is 2.58 bits per heavy atom. The molecule has 1 atom stereocenters. The molecule has 0 bridgehead atoms. The fourth-order valence-electron chi connectivity index (χ4n) is 3.33. The standard InChI is InChI=1S/C27H33NO3/c1-5-6-7-15-25(31-26(29)27(2,3)4)21-12-10-13-23(18-21)30-19-22-17-16-20-11-8-9-14-24(20)28-22/h8-14,16-18,25H,5-7,15,19H2,1-4H3. The lowest BCUT2D eigenvalue weighted by Gasteiger charge is -2.24. The lowest BCUT2D eigenvalue weighted by atomic mass is 9.96. The lowest BCUT2D eigenvalue weighted by Crippen LogP contribution is -2.25. The third-order valence-corrected chi connectivity index (χ3v) is 5.20. The van der Waals surface area contributed by atoms with Crippen LogP contribution in [0.25, 0.3) is 10.9 Å². The van der Waals surface area contributed by atoms with Gasteiger partial charge in [0.2, 0.25) is 0 Å². The minimum Gasteiger partial charge on any atom is -0.487 e. The van der Waals surface area contributed by atoms with Gasteiger partial charge in [-0.3, -0.25) is 4.79 Å². The number of fused-ring (bicyclic) bond motifs is 1. The van der Waals surface area contributed by atoms with Crippen LogP contribution in [0, 0.1) is 5.41 Å². The Morgan fingerprint density at radius 2 is 1.81 bits per heavy atom. The summed E-state index contributed by atoms with van der Waals surface area (Å²) in [7, 11) is 0. The summed E-state index contributed by atoms with van der Waals surface area (Å²) in [5.74, 6) is 0.570. The number of rotatable bonds is 9. The van der Waals surface area contributed by atoms with Crippen LogP contribution >= 0.6 is 0 Å². The predicted molar refractivity (Wildman–Crippen MR) is 125 cm³/mol. The minimum absolute atomic E-state index is 0.180. The summed E-state index contributed by atoms with van der Waals surface area (Å²) in [6.07, 6.45) is 3.81. The van der Waals surface area contributed by atoms with E-state index in [1.54, 1.807) is 0 Å². The number of para-hydroxylation sites is 1. The molecule has 0 amide bonds. The van der Waals surface area contributed by atoms with Crippen molar-refractivity contribution in [2.24, 2.45) is 5.41 Å². The van der Waals surface area contributed by atoms with Crippen molar-refractivity contribution in [1.29, 1.82) is 0 Å². The highest BCUT2D eigenvalue weighted by molar-refractivity contribution is 5.78. The largest absolute Gasteiger partial charge is 0.487 e. The Labute approximate surface area is 185 Å². The van der Waals surface area contributed by atoms with Crippen molar-refractivity contribution in [2.45, 2.75) is 66.1 Å². The molecule has 0 radical (unpaired) electrons. The van der Waals surface area contributed by atoms with E-state index in [1.807, 2.05) is 75.4 Å². The summed E-state index contributed by atoms with van der Waals surface area (Å²) in [5.41, 5.74) is 2.28. The Balaban J connectivity index is 1.72. The van der Waals surface area contributed by atoms with Crippen LogP contribution in [0.3, 0.4) is 0 Å². The summed E-state index contributed by atoms with van der Waals surface area (Å²) in [4.78, 5) is 17.2. The zero-order valence-corrected chi connectivity index (χ0v) is 19.1. The van der Waals surface area contributed by atoms with Gasteiger partial charge in [-0.25, -0.2) is 4.98 Å². The molecule has 0 fully saturated rings. The predicted octanol–water partition coefficient (Wildman–Crippen LogP) is 7.02. The molecule has 1 unspecified atom stereocenters. The fourth-order valence-corrected chi connectivity index (χ4v) is 3.33. The van der Waals surface area contributed by atoms with E-state index in [4.69, 9.17) is 9.47 Å². The van der Waals surface area contributed by atoms with Crippen LogP contribution in [0.4, 0.5) is 0 Å². The van der Waals surface area contributed by atoms with Gasteiger partial charge in [0, 0.05) is 5.39 Å². The maximum Gasteiger partial charge on any atom is 0.311 e. The van der Waals surface area contributed by atoms with Gasteiger partial charge in [-0.2, -0.15) is 0 Å². The molecule has 0 spiro atoms. The smallest absolute Gasteiger partial charge is 0.311 e. The van der Waals surface area contributed by atoms with Crippen molar-refractivity contribution < 1.29 is 14.3 Å². The zero-order valence-electron chi connectivity index (χ0n) is 19.1. The quantitative estimate of drug-likeness (QED) is 0.276. The average molecular weight is 420 g/mol. The first-order valence-corrected chi connectivity index (χ1v) is 11.2. The molecule has 4 heteroatoms. The number of carbonyl (C=O) groups is 1. The molecule has 3 aromatic rings. The molecule has 31 heavy (non-hydrogen) atoms. The van der Waals surface area contributed by atoms with Gasteiger partial charge in [0.05, 0.1) is 16.6 Å². The Hall–Kier alpha value is -2.88. The zero-order chi connectivity index (χ0) is 22.3. The van der Waals surface area contributed by atoms with E-state index in [0.717, 1.165) is 53.6 Å². The Morgan fingerprint density at radius 1 is 1.00 bits per heavy atom. The van der Waals surface area contributed by atoms with Crippen molar-refractivity contribution in [3.8, 4) is 5.75 Å². The monoisotopic (exact) mass is 419 g/mol. The van der Waals surface area contributed by atoms with Crippen LogP contribution in [0.15, 0.2) is 60.7 Å². The normalized spacial score (nSPS) is 12.5. The van der Waals surface area contributed by atoms with Gasteiger partial charge >= 0.3 is 5.97 Å². The molecule has 3 rings (SSSR count). The van der Waals surface area contributed by atoms with Crippen molar-refractivity contribution in [3.05, 3.63) is 71.9 Å². The first-order valence-electron chi connectivity index (χ1n) is 11.2. The van der Waals surface area contributed by atoms with Crippen LogP contribution < -0.4 is 4.74 Å². The second kappa shape index (κ2) is 10.4. The first-order chi connectivity index (χ1) is 14.9. The molecule has 2 aromatic carbocycles. The van der Waals surface area contributed by atoms with Crippen molar-refractivity contribution in [1.82, 2.24) is 4.98 Å². The highest BCUT2D eigenvalue weighted by Crippen LogP contribution is 2.30. The Kier molecular flexibility index (Phi) is 7.67. The number of ether oxygens (including phenoxy) is 2. The van der Waals surface area contributed by atoms with Crippen LogP contribution in [0.2, 0.25) is 0 Å². The van der Waals surface area contributed by atoms with Gasteiger partial charge < -0.3 is 9.47 Å². The third-order valence-electron chi connectivity index (χ3n) is 5.20. The lowest BCUT2D eigenvalue weighted by molar-refractivity contribution is -0.159. The van der Waals surface area contributed by atoms with E-state index in [9.17, 15) is 4.79 Å². The number of pyridine rings is 1. The Bertz CT molecular complexity index is 1010. The van der Waals surface area contributed by atoms with E-state index < -0.39 is 5.41 Å². The molecule has 1 heterocycles. The van der Waals surface area contributed by atoms with Crippen LogP contribution in [0.5, 0.6) is 5.75 Å². The molecule has 0 saturated heterocycles. The number of hydrogen-bond acceptors (Lipinski definition) is 4. The van der Waals surface area contributed by atoms with Gasteiger partial charge in [0.15, 0.2) is 0 Å². The molecular weight excluding hydrogens is 386 g/mol. The van der Waals surface area contributed by atoms with E-state index >= 15 is 0 Å². The number of carbonyl (C=O) groups excluding carboxylic acids is 1. The number of benzene rings is 2. The topological polar surface area (TPSA) is 48.4 Å². The van der Waals surface area contributed by atoms with Gasteiger partial charge in [0.1, 0.15) is 18.5 Å².